The number of esters is 1. The van der Waals surface area contributed by atoms with Crippen molar-refractivity contribution in [3.63, 3.8) is 0 Å². The third-order valence-electron chi connectivity index (χ3n) is 2.06. The number of ether oxygens (including phenoxy) is 2. The first-order valence-electron chi connectivity index (χ1n) is 4.70. The zero-order valence-electron chi connectivity index (χ0n) is 9.45. The lowest BCUT2D eigenvalue weighted by molar-refractivity contribution is -0.274. The van der Waals surface area contributed by atoms with Crippen LogP contribution in [-0.2, 0) is 4.74 Å². The van der Waals surface area contributed by atoms with Crippen molar-refractivity contribution in [3.05, 3.63) is 28.8 Å². The maximum absolute atomic E-state index is 12.2. The van der Waals surface area contributed by atoms with Crippen LogP contribution in [0, 0.1) is 11.3 Å². The summed E-state index contributed by atoms with van der Waals surface area (Å²) in [6, 6.07) is 3.38. The Morgan fingerprint density at radius 3 is 2.47 bits per heavy atom. The highest BCUT2D eigenvalue weighted by atomic mass is 19.4. The summed E-state index contributed by atoms with van der Waals surface area (Å²) in [5.74, 6) is -2.04. The van der Waals surface area contributed by atoms with Crippen molar-refractivity contribution < 1.29 is 32.2 Å². The molecule has 0 heterocycles. The van der Waals surface area contributed by atoms with Crippen molar-refractivity contribution in [2.75, 3.05) is 7.11 Å². The molecule has 5 nitrogen and oxygen atoms in total. The Bertz CT molecular complexity index is 560. The van der Waals surface area contributed by atoms with E-state index in [9.17, 15) is 22.8 Å². The molecule has 1 aromatic rings. The lowest BCUT2D eigenvalue weighted by Gasteiger charge is -2.14. The van der Waals surface area contributed by atoms with E-state index in [-0.39, 0.29) is 6.29 Å². The van der Waals surface area contributed by atoms with Gasteiger partial charge in [0, 0.05) is 0 Å². The number of nitriles is 1. The summed E-state index contributed by atoms with van der Waals surface area (Å²) < 4.78 is 44.6. The van der Waals surface area contributed by atoms with Crippen molar-refractivity contribution in [1.29, 1.82) is 5.26 Å². The molecular weight excluding hydrogens is 267 g/mol. The minimum atomic E-state index is -5.10. The first-order chi connectivity index (χ1) is 8.84. The van der Waals surface area contributed by atoms with Gasteiger partial charge in [0.25, 0.3) is 0 Å². The van der Waals surface area contributed by atoms with Crippen LogP contribution in [0.25, 0.3) is 0 Å². The smallest absolute Gasteiger partial charge is 0.465 e. The third-order valence-corrected chi connectivity index (χ3v) is 2.06. The topological polar surface area (TPSA) is 76.4 Å². The van der Waals surface area contributed by atoms with Crippen LogP contribution < -0.4 is 4.74 Å². The Hall–Kier alpha value is -2.56. The molecule has 0 bridgehead atoms. The van der Waals surface area contributed by atoms with Crippen LogP contribution in [-0.4, -0.2) is 25.7 Å². The Kier molecular flexibility index (Phi) is 4.11. The fraction of sp³-hybridized carbons (Fsp3) is 0.182. The van der Waals surface area contributed by atoms with Crippen molar-refractivity contribution in [2.45, 2.75) is 6.36 Å². The molecule has 0 saturated heterocycles. The number of alkyl halides is 3. The molecule has 0 radical (unpaired) electrons. The van der Waals surface area contributed by atoms with Gasteiger partial charge in [-0.05, 0) is 12.1 Å². The molecule has 0 amide bonds. The SMILES string of the molecule is COC(=O)c1ccc(C#N)c(OC(F)(F)F)c1C=O. The fourth-order valence-corrected chi connectivity index (χ4v) is 1.32. The van der Waals surface area contributed by atoms with Gasteiger partial charge in [0.2, 0.25) is 0 Å². The molecule has 0 aliphatic heterocycles. The minimum absolute atomic E-state index is 0.00579. The van der Waals surface area contributed by atoms with Crippen molar-refractivity contribution in [1.82, 2.24) is 0 Å². The van der Waals surface area contributed by atoms with E-state index in [4.69, 9.17) is 5.26 Å². The maximum Gasteiger partial charge on any atom is 0.573 e. The molecule has 0 N–H and O–H groups in total. The van der Waals surface area contributed by atoms with Crippen LogP contribution in [0.3, 0.4) is 0 Å². The second-order valence-corrected chi connectivity index (χ2v) is 3.17. The van der Waals surface area contributed by atoms with Gasteiger partial charge in [-0.2, -0.15) is 5.26 Å². The van der Waals surface area contributed by atoms with Gasteiger partial charge in [0.15, 0.2) is 12.0 Å². The van der Waals surface area contributed by atoms with Gasteiger partial charge in [-0.15, -0.1) is 13.2 Å². The number of hydrogen-bond donors (Lipinski definition) is 0. The summed E-state index contributed by atoms with van der Waals surface area (Å²) in [5, 5.41) is 8.69. The summed E-state index contributed by atoms with van der Waals surface area (Å²) in [4.78, 5) is 22.2. The number of rotatable bonds is 3. The lowest BCUT2D eigenvalue weighted by Crippen LogP contribution is -2.20. The first kappa shape index (κ1) is 14.5. The number of carbonyl (C=O) groups is 2. The molecule has 0 saturated carbocycles. The van der Waals surface area contributed by atoms with E-state index in [1.165, 1.54) is 6.07 Å². The second kappa shape index (κ2) is 5.39. The molecule has 1 aromatic carbocycles. The zero-order valence-corrected chi connectivity index (χ0v) is 9.45. The van der Waals surface area contributed by atoms with Crippen molar-refractivity contribution >= 4 is 12.3 Å². The third kappa shape index (κ3) is 3.22. The Balaban J connectivity index is 3.51. The molecule has 0 atom stereocenters. The summed E-state index contributed by atoms with van der Waals surface area (Å²) in [6.07, 6.45) is -5.10. The molecular formula is C11H6F3NO4. The summed E-state index contributed by atoms with van der Waals surface area (Å²) >= 11 is 0. The molecule has 100 valence electrons. The predicted molar refractivity (Wildman–Crippen MR) is 54.6 cm³/mol. The van der Waals surface area contributed by atoms with Gasteiger partial charge >= 0.3 is 12.3 Å². The van der Waals surface area contributed by atoms with E-state index in [0.717, 1.165) is 19.2 Å². The van der Waals surface area contributed by atoms with Crippen LogP contribution in [0.1, 0.15) is 26.3 Å². The molecule has 0 aliphatic rings. The summed E-state index contributed by atoms with van der Waals surface area (Å²) in [6.45, 7) is 0. The van der Waals surface area contributed by atoms with Crippen LogP contribution in [0.2, 0.25) is 0 Å². The number of methoxy groups -OCH3 is 1. The number of hydrogen-bond acceptors (Lipinski definition) is 5. The van der Waals surface area contributed by atoms with E-state index < -0.39 is 34.8 Å². The van der Waals surface area contributed by atoms with Crippen molar-refractivity contribution in [3.8, 4) is 11.8 Å². The number of benzene rings is 1. The number of halogens is 3. The monoisotopic (exact) mass is 273 g/mol. The largest absolute Gasteiger partial charge is 0.573 e. The van der Waals surface area contributed by atoms with Gasteiger partial charge in [-0.25, -0.2) is 4.79 Å². The predicted octanol–water partition coefficient (Wildman–Crippen LogP) is 2.06. The number of carbonyl (C=O) groups excluding carboxylic acids is 2. The van der Waals surface area contributed by atoms with E-state index in [0.29, 0.717) is 0 Å². The van der Waals surface area contributed by atoms with E-state index >= 15 is 0 Å². The van der Waals surface area contributed by atoms with Gasteiger partial charge in [-0.3, -0.25) is 4.79 Å². The normalized spacial score (nSPS) is 10.5. The molecule has 0 aliphatic carbocycles. The summed E-state index contributed by atoms with van der Waals surface area (Å²) in [7, 11) is 0.999. The van der Waals surface area contributed by atoms with E-state index in [1.807, 2.05) is 0 Å². The molecule has 0 unspecified atom stereocenters. The Labute approximate surface area is 105 Å². The number of aldehydes is 1. The van der Waals surface area contributed by atoms with Crippen molar-refractivity contribution in [2.24, 2.45) is 0 Å². The average Bonchev–Trinajstić information content (AvgIpc) is 2.35. The van der Waals surface area contributed by atoms with Crippen LogP contribution >= 0.6 is 0 Å². The molecule has 0 aromatic heterocycles. The molecule has 0 fully saturated rings. The molecule has 8 heteroatoms. The highest BCUT2D eigenvalue weighted by Gasteiger charge is 2.34. The first-order valence-corrected chi connectivity index (χ1v) is 4.70. The standard InChI is InChI=1S/C11H6F3NO4/c1-18-10(17)7-3-2-6(4-15)9(8(7)5-16)19-11(12,13)14/h2-3,5H,1H3. The lowest BCUT2D eigenvalue weighted by atomic mass is 10.0. The maximum atomic E-state index is 12.2. The minimum Gasteiger partial charge on any atom is -0.465 e. The van der Waals surface area contributed by atoms with Crippen LogP contribution in [0.15, 0.2) is 12.1 Å². The van der Waals surface area contributed by atoms with E-state index in [1.54, 1.807) is 0 Å². The average molecular weight is 273 g/mol. The van der Waals surface area contributed by atoms with Gasteiger partial charge in [0.1, 0.15) is 6.07 Å². The van der Waals surface area contributed by atoms with Crippen LogP contribution in [0.5, 0.6) is 5.75 Å². The Morgan fingerprint density at radius 1 is 1.42 bits per heavy atom. The Morgan fingerprint density at radius 2 is 2.05 bits per heavy atom. The highest BCUT2D eigenvalue weighted by molar-refractivity contribution is 6.00. The highest BCUT2D eigenvalue weighted by Crippen LogP contribution is 2.31. The van der Waals surface area contributed by atoms with Gasteiger partial charge in [0.05, 0.1) is 23.8 Å². The molecule has 0 spiro atoms. The van der Waals surface area contributed by atoms with Gasteiger partial charge in [-0.1, -0.05) is 0 Å². The molecule has 1 rings (SSSR count). The zero-order chi connectivity index (χ0) is 14.6. The van der Waals surface area contributed by atoms with Crippen LogP contribution in [0.4, 0.5) is 13.2 Å². The second-order valence-electron chi connectivity index (χ2n) is 3.17. The fourth-order valence-electron chi connectivity index (χ4n) is 1.32. The quantitative estimate of drug-likeness (QED) is 0.622. The van der Waals surface area contributed by atoms with Gasteiger partial charge < -0.3 is 9.47 Å². The van der Waals surface area contributed by atoms with E-state index in [2.05, 4.69) is 9.47 Å². The summed E-state index contributed by atoms with van der Waals surface area (Å²) in [5.41, 5.74) is -1.63. The molecule has 19 heavy (non-hydrogen) atoms. The number of nitrogens with zero attached hydrogens (tertiary/aromatic N) is 1.